The van der Waals surface area contributed by atoms with E-state index in [1.165, 1.54) is 27.1 Å². The fourth-order valence-corrected chi connectivity index (χ4v) is 5.00. The van der Waals surface area contributed by atoms with Crippen molar-refractivity contribution in [3.63, 3.8) is 0 Å². The van der Waals surface area contributed by atoms with Gasteiger partial charge in [0.25, 0.3) is 0 Å². The summed E-state index contributed by atoms with van der Waals surface area (Å²) in [5.41, 5.74) is 5.51. The Morgan fingerprint density at radius 1 is 0.441 bits per heavy atom. The van der Waals surface area contributed by atoms with Gasteiger partial charge in [0.15, 0.2) is 0 Å². The number of hydrogen-bond donors (Lipinski definition) is 0. The van der Waals surface area contributed by atoms with Crippen molar-refractivity contribution in [3.05, 3.63) is 138 Å². The molecule has 6 rings (SSSR count). The van der Waals surface area contributed by atoms with Gasteiger partial charge in [0.2, 0.25) is 0 Å². The van der Waals surface area contributed by atoms with Gasteiger partial charge >= 0.3 is 0 Å². The molecule has 0 amide bonds. The van der Waals surface area contributed by atoms with E-state index in [1.807, 2.05) is 18.2 Å². The molecule has 162 valence electrons. The summed E-state index contributed by atoms with van der Waals surface area (Å²) >= 11 is 6.79. The van der Waals surface area contributed by atoms with E-state index in [0.29, 0.717) is 5.02 Å². The molecule has 0 unspecified atom stereocenters. The number of hydrogen-bond acceptors (Lipinski definition) is 1. The summed E-state index contributed by atoms with van der Waals surface area (Å²) in [6.45, 7) is 0. The minimum atomic E-state index is 0.710. The molecule has 0 aliphatic rings. The van der Waals surface area contributed by atoms with E-state index < -0.39 is 0 Å². The monoisotopic (exact) mass is 455 g/mol. The first-order chi connectivity index (χ1) is 16.8. The molecule has 0 spiro atoms. The standard InChI is InChI=1S/C32H22ClN/c33-26-20-25(32-30-17-9-7-11-23(30)19-24-12-8-10-18-31(24)32)21-29(22-26)34(27-13-3-1-4-14-27)28-15-5-2-6-16-28/h1-22H. The van der Waals surface area contributed by atoms with Crippen molar-refractivity contribution in [1.29, 1.82) is 0 Å². The van der Waals surface area contributed by atoms with E-state index in [-0.39, 0.29) is 0 Å². The van der Waals surface area contributed by atoms with Crippen molar-refractivity contribution in [2.45, 2.75) is 0 Å². The van der Waals surface area contributed by atoms with Crippen LogP contribution in [0.1, 0.15) is 0 Å². The lowest BCUT2D eigenvalue weighted by molar-refractivity contribution is 1.28. The highest BCUT2D eigenvalue weighted by Crippen LogP contribution is 2.42. The second-order valence-corrected chi connectivity index (χ2v) is 8.83. The van der Waals surface area contributed by atoms with E-state index >= 15 is 0 Å². The van der Waals surface area contributed by atoms with Gasteiger partial charge in [-0.1, -0.05) is 96.5 Å². The summed E-state index contributed by atoms with van der Waals surface area (Å²) in [6.07, 6.45) is 0. The summed E-state index contributed by atoms with van der Waals surface area (Å²) in [4.78, 5) is 2.25. The number of fused-ring (bicyclic) bond motifs is 2. The zero-order chi connectivity index (χ0) is 22.9. The normalized spacial score (nSPS) is 11.1. The molecule has 0 aliphatic carbocycles. The molecule has 6 aromatic rings. The van der Waals surface area contributed by atoms with Crippen LogP contribution in [0.2, 0.25) is 5.02 Å². The van der Waals surface area contributed by atoms with Crippen LogP contribution in [0.5, 0.6) is 0 Å². The van der Waals surface area contributed by atoms with Crippen molar-refractivity contribution < 1.29 is 0 Å². The fourth-order valence-electron chi connectivity index (χ4n) is 4.77. The van der Waals surface area contributed by atoms with E-state index in [9.17, 15) is 0 Å². The average Bonchev–Trinajstić information content (AvgIpc) is 2.88. The number of anilines is 3. The molecule has 0 aliphatic heterocycles. The van der Waals surface area contributed by atoms with Gasteiger partial charge in [0, 0.05) is 22.1 Å². The van der Waals surface area contributed by atoms with Crippen LogP contribution >= 0.6 is 11.6 Å². The SMILES string of the molecule is Clc1cc(-c2c3ccccc3cc3ccccc23)cc(N(c2ccccc2)c2ccccc2)c1. The number of para-hydroxylation sites is 2. The molecule has 0 radical (unpaired) electrons. The van der Waals surface area contributed by atoms with Crippen molar-refractivity contribution in [1.82, 2.24) is 0 Å². The molecule has 1 nitrogen and oxygen atoms in total. The quantitative estimate of drug-likeness (QED) is 0.239. The predicted octanol–water partition coefficient (Wildman–Crippen LogP) is 9.78. The lowest BCUT2D eigenvalue weighted by Crippen LogP contribution is -2.09. The summed E-state index contributed by atoms with van der Waals surface area (Å²) in [5.74, 6) is 0. The first-order valence-electron chi connectivity index (χ1n) is 11.4. The Morgan fingerprint density at radius 3 is 1.50 bits per heavy atom. The number of benzene rings is 6. The van der Waals surface area contributed by atoms with Gasteiger partial charge in [-0.15, -0.1) is 0 Å². The Kier molecular flexibility index (Phi) is 5.25. The number of halogens is 1. The second-order valence-electron chi connectivity index (χ2n) is 8.40. The van der Waals surface area contributed by atoms with E-state index in [1.54, 1.807) is 0 Å². The maximum absolute atomic E-state index is 6.79. The zero-order valence-corrected chi connectivity index (χ0v) is 19.3. The molecular formula is C32H22ClN. The van der Waals surface area contributed by atoms with Gasteiger partial charge in [0.05, 0.1) is 0 Å². The average molecular weight is 456 g/mol. The fraction of sp³-hybridized carbons (Fsp3) is 0. The summed E-state index contributed by atoms with van der Waals surface area (Å²) in [7, 11) is 0. The van der Waals surface area contributed by atoms with Crippen LogP contribution in [-0.4, -0.2) is 0 Å². The topological polar surface area (TPSA) is 3.24 Å². The summed E-state index contributed by atoms with van der Waals surface area (Å²) < 4.78 is 0. The van der Waals surface area contributed by atoms with Gasteiger partial charge in [-0.25, -0.2) is 0 Å². The van der Waals surface area contributed by atoms with Gasteiger partial charge < -0.3 is 4.90 Å². The van der Waals surface area contributed by atoms with Gasteiger partial charge in [-0.3, -0.25) is 0 Å². The molecular weight excluding hydrogens is 434 g/mol. The van der Waals surface area contributed by atoms with Gasteiger partial charge in [0.1, 0.15) is 0 Å². The number of rotatable bonds is 4. The van der Waals surface area contributed by atoms with Crippen LogP contribution < -0.4 is 4.90 Å². The van der Waals surface area contributed by atoms with E-state index in [4.69, 9.17) is 11.6 Å². The Labute approximate surface area is 204 Å². The highest BCUT2D eigenvalue weighted by Gasteiger charge is 2.16. The largest absolute Gasteiger partial charge is 0.310 e. The van der Waals surface area contributed by atoms with Crippen molar-refractivity contribution >= 4 is 50.2 Å². The Hall–Kier alpha value is -4.07. The van der Waals surface area contributed by atoms with Gasteiger partial charge in [-0.05, 0) is 81.2 Å². The molecule has 6 aromatic carbocycles. The summed E-state index contributed by atoms with van der Waals surface area (Å²) in [6, 6.07) is 46.6. The minimum Gasteiger partial charge on any atom is -0.310 e. The van der Waals surface area contributed by atoms with Crippen LogP contribution in [-0.2, 0) is 0 Å². The van der Waals surface area contributed by atoms with Crippen LogP contribution in [0.15, 0.2) is 133 Å². The molecule has 0 N–H and O–H groups in total. The zero-order valence-electron chi connectivity index (χ0n) is 18.5. The predicted molar refractivity (Wildman–Crippen MR) is 147 cm³/mol. The van der Waals surface area contributed by atoms with Crippen molar-refractivity contribution in [2.24, 2.45) is 0 Å². The molecule has 0 atom stereocenters. The second kappa shape index (κ2) is 8.70. The van der Waals surface area contributed by atoms with Crippen LogP contribution in [0.4, 0.5) is 17.1 Å². The third kappa shape index (κ3) is 3.71. The van der Waals surface area contributed by atoms with E-state index in [0.717, 1.165) is 22.6 Å². The molecule has 2 heteroatoms. The summed E-state index contributed by atoms with van der Waals surface area (Å²) in [5, 5.41) is 5.60. The highest BCUT2D eigenvalue weighted by molar-refractivity contribution is 6.31. The van der Waals surface area contributed by atoms with Crippen molar-refractivity contribution in [2.75, 3.05) is 4.90 Å². The number of nitrogens with zero attached hydrogens (tertiary/aromatic N) is 1. The molecule has 0 aromatic heterocycles. The van der Waals surface area contributed by atoms with Crippen molar-refractivity contribution in [3.8, 4) is 11.1 Å². The Balaban J connectivity index is 1.64. The van der Waals surface area contributed by atoms with Crippen LogP contribution in [0.3, 0.4) is 0 Å². The Morgan fingerprint density at radius 2 is 0.941 bits per heavy atom. The first-order valence-corrected chi connectivity index (χ1v) is 11.8. The van der Waals surface area contributed by atoms with Crippen LogP contribution in [0, 0.1) is 0 Å². The molecule has 0 saturated carbocycles. The maximum Gasteiger partial charge on any atom is 0.0482 e. The van der Waals surface area contributed by atoms with Gasteiger partial charge in [-0.2, -0.15) is 0 Å². The molecule has 0 saturated heterocycles. The lowest BCUT2D eigenvalue weighted by Gasteiger charge is -2.26. The highest BCUT2D eigenvalue weighted by atomic mass is 35.5. The molecule has 34 heavy (non-hydrogen) atoms. The third-order valence-corrected chi connectivity index (χ3v) is 6.45. The first kappa shape index (κ1) is 20.5. The Bertz CT molecular complexity index is 1510. The maximum atomic E-state index is 6.79. The van der Waals surface area contributed by atoms with E-state index in [2.05, 4.69) is 120 Å². The third-order valence-electron chi connectivity index (χ3n) is 6.23. The molecule has 0 heterocycles. The smallest absolute Gasteiger partial charge is 0.0482 e. The minimum absolute atomic E-state index is 0.710. The lowest BCUT2D eigenvalue weighted by atomic mass is 9.92. The molecule has 0 fully saturated rings. The van der Waals surface area contributed by atoms with Crippen LogP contribution in [0.25, 0.3) is 32.7 Å². The molecule has 0 bridgehead atoms.